The predicted molar refractivity (Wildman–Crippen MR) is 602 cm³/mol. The Hall–Kier alpha value is -12.5. The first-order chi connectivity index (χ1) is 75.4. The maximum Gasteiger partial charge on any atom is 0.0352 e. The fourth-order valence-electron chi connectivity index (χ4n) is 20.5. The maximum atomic E-state index is 9.69. The van der Waals surface area contributed by atoms with Gasteiger partial charge in [0.2, 0.25) is 0 Å². The van der Waals surface area contributed by atoms with Crippen molar-refractivity contribution in [2.45, 2.75) is 200 Å². The minimum Gasteiger partial charge on any atom is -0.304 e. The summed E-state index contributed by atoms with van der Waals surface area (Å²) in [7, 11) is 0. The van der Waals surface area contributed by atoms with Crippen molar-refractivity contribution < 1.29 is 89.1 Å². The van der Waals surface area contributed by atoms with Crippen molar-refractivity contribution in [3.63, 3.8) is 0 Å². The number of aromatic nitrogens is 6. The molecule has 3 saturated carbocycles. The second-order valence-corrected chi connectivity index (χ2v) is 38.7. The van der Waals surface area contributed by atoms with Gasteiger partial charge < -0.3 is 29.9 Å². The van der Waals surface area contributed by atoms with Gasteiger partial charge in [0, 0.05) is 126 Å². The van der Waals surface area contributed by atoms with Crippen molar-refractivity contribution in [3.05, 3.63) is 433 Å². The Morgan fingerprint density at radius 2 is 0.514 bits per heavy atom. The fourth-order valence-corrected chi connectivity index (χ4v) is 20.5. The van der Waals surface area contributed by atoms with E-state index in [2.05, 4.69) is 272 Å². The van der Waals surface area contributed by atoms with E-state index >= 15 is 0 Å². The van der Waals surface area contributed by atoms with Gasteiger partial charge in [0.15, 0.2) is 0 Å². The molecule has 0 bridgehead atoms. The van der Waals surface area contributed by atoms with Crippen molar-refractivity contribution in [3.8, 4) is 67.5 Å². The van der Waals surface area contributed by atoms with Gasteiger partial charge >= 0.3 is 0 Å². The van der Waals surface area contributed by atoms with E-state index in [1.54, 1.807) is 54.6 Å². The molecule has 24 rings (SSSR count). The fraction of sp³-hybridized carbons (Fsp3) is 0.244. The first-order valence-electron chi connectivity index (χ1n) is 58.0. The first-order valence-corrected chi connectivity index (χ1v) is 47.5. The van der Waals surface area contributed by atoms with Crippen LogP contribution in [-0.2, 0) is 60.3 Å². The van der Waals surface area contributed by atoms with Crippen LogP contribution in [0.5, 0.6) is 0 Å². The molecule has 0 unspecified atom stereocenters. The van der Waals surface area contributed by atoms with Gasteiger partial charge in [-0.2, -0.15) is 0 Å². The molecule has 6 aromatic heterocycles. The standard InChI is InChI=1S/C34H34N.C32H30N.C30H26N.3C12H10N.3CH4.3Ir/c1-22-20-35-32(17-30(22)24-18-33(2,3)21-34(4,5)19-24)23-14-15-29-27-12-7-6-10-25(27)26-11-8-9-13-28(26)31(29)16-23;1-21-20-33-31(19-29(21)22-14-16-32(2,3)17-15-22)23-12-13-28-26-10-5-4-8-24(26)25-9-6-7-11-27(25)30(28)18-23;1-20-19-31-30(18-28(20)21-9-3-2-4-10-21)22-15-16-27-25-13-6-5-11-23(25)24-12-7-8-14-26(24)29(27)17-22;3*1-10-7-8-12(13-9-10)11-5-3-2-4-6-11;;;;;;/h6-13,15-17,20,24H,18-19,21H2,1-5H3;4-11,13,18-20,22H,14-17H2,1-3H3;5-8,11-14,16-19,21H,2-4,9-10H2,1H3;3*2-5,7-9H,1H3;3*1H4;;;/q6*-1;;;;;;/i1D3,24D;1D3,22D;1D3,21D;3*1D3;;;;;;. The largest absolute Gasteiger partial charge is 0.304 e. The molecule has 9 heteroatoms. The van der Waals surface area contributed by atoms with Crippen LogP contribution in [-0.4, -0.2) is 29.9 Å². The molecule has 3 aliphatic carbocycles. The number of hydrogen-bond donors (Lipinski definition) is 0. The molecule has 21 aromatic rings. The third kappa shape index (κ3) is 24.8. The number of aryl methyl sites for hydroxylation is 6. The van der Waals surface area contributed by atoms with E-state index in [0.717, 1.165) is 132 Å². The van der Waals surface area contributed by atoms with Gasteiger partial charge in [0.25, 0.3) is 0 Å². The van der Waals surface area contributed by atoms with Crippen LogP contribution in [0, 0.1) is 93.8 Å². The van der Waals surface area contributed by atoms with Crippen LogP contribution < -0.4 is 0 Å². The van der Waals surface area contributed by atoms with Gasteiger partial charge in [-0.1, -0.05) is 332 Å². The minimum absolute atomic E-state index is 0. The second kappa shape index (κ2) is 48.5. The molecule has 15 aromatic carbocycles. The summed E-state index contributed by atoms with van der Waals surface area (Å²) < 4.78 is 167. The number of nitrogens with zero attached hydrogens (tertiary/aromatic N) is 6. The molecule has 6 heterocycles. The average Bonchev–Trinajstić information content (AvgIpc) is 0.744. The summed E-state index contributed by atoms with van der Waals surface area (Å²) in [4.78, 5) is 26.2. The van der Waals surface area contributed by atoms with Crippen molar-refractivity contribution in [2.75, 3.05) is 0 Å². The predicted octanol–water partition coefficient (Wildman–Crippen LogP) is 37.5. The molecule has 0 aliphatic heterocycles. The minimum atomic E-state index is -2.34. The van der Waals surface area contributed by atoms with Gasteiger partial charge in [-0.25, -0.2) is 0 Å². The van der Waals surface area contributed by atoms with Gasteiger partial charge in [-0.05, 0) is 266 Å². The summed E-state index contributed by atoms with van der Waals surface area (Å²) >= 11 is 0. The van der Waals surface area contributed by atoms with E-state index < -0.39 is 58.8 Å². The molecule has 3 fully saturated rings. The molecule has 144 heavy (non-hydrogen) atoms. The molecule has 0 spiro atoms. The van der Waals surface area contributed by atoms with Crippen LogP contribution in [0.2, 0.25) is 0 Å². The van der Waals surface area contributed by atoms with E-state index in [9.17, 15) is 4.11 Å². The number of pyridine rings is 6. The molecule has 0 saturated heterocycles. The van der Waals surface area contributed by atoms with Crippen LogP contribution in [0.4, 0.5) is 0 Å². The monoisotopic (exact) mass is 2440 g/mol. The van der Waals surface area contributed by atoms with E-state index in [4.69, 9.17) is 24.7 Å². The first kappa shape index (κ1) is 82.7. The number of fused-ring (bicyclic) bond motifs is 18. The topological polar surface area (TPSA) is 77.3 Å². The van der Waals surface area contributed by atoms with E-state index in [1.807, 2.05) is 91.0 Å². The van der Waals surface area contributed by atoms with Crippen molar-refractivity contribution in [1.29, 1.82) is 0 Å². The zero-order valence-corrected chi connectivity index (χ0v) is 86.8. The smallest absolute Gasteiger partial charge is 0.0352 e. The SMILES string of the molecule is C.C.C.[2H]C([2H])([2H])c1ccc(-c2[c-]cccc2)nc1.[2H]C([2H])([2H])c1ccc(-c2[c-]cccc2)nc1.[2H]C([2H])([2H])c1ccc(-c2[c-]cccc2)nc1.[2H]C([2H])([2H])c1cnc(-c2[c-]cc3c4ccccc4c4ccccc4c3c2)cc1C1([2H])CC(C)(C)CC(C)(C)C1.[2H]C([2H])([2H])c1cnc(-c2[c-]cc3c4ccccc4c4ccccc4c3c2)cc1C1([2H])CCC(C)(C)CC1.[2H]C([2H])([2H])c1cnc(-c2[c-]cc3c4ccccc4c4ccccc4c3c2)cc1C1([2H])CCCCC1.[Ir].[Ir].[Ir]. The Bertz CT molecular complexity index is 8540. The maximum absolute atomic E-state index is 9.69. The Kier molecular flexibility index (Phi) is 27.8. The third-order valence-electron chi connectivity index (χ3n) is 27.0. The van der Waals surface area contributed by atoms with Crippen molar-refractivity contribution in [2.24, 2.45) is 16.2 Å². The van der Waals surface area contributed by atoms with Gasteiger partial charge in [0.05, 0.1) is 0 Å². The molecular formula is C135H132Ir3N6-6. The molecule has 6 nitrogen and oxygen atoms in total. The summed E-state index contributed by atoms with van der Waals surface area (Å²) in [6.45, 7) is 0.00926. The molecule has 3 radical (unpaired) electrons. The summed E-state index contributed by atoms with van der Waals surface area (Å²) in [5, 5.41) is 21.0. The van der Waals surface area contributed by atoms with Gasteiger partial charge in [-0.3, -0.25) is 0 Å². The second-order valence-electron chi connectivity index (χ2n) is 38.7. The van der Waals surface area contributed by atoms with Crippen LogP contribution in [0.25, 0.3) is 164 Å². The molecule has 0 N–H and O–H groups in total. The third-order valence-corrected chi connectivity index (χ3v) is 27.0. The normalized spacial score (nSPS) is 17.4. The Morgan fingerprint density at radius 1 is 0.250 bits per heavy atom. The van der Waals surface area contributed by atoms with Crippen molar-refractivity contribution >= 4 is 97.0 Å². The van der Waals surface area contributed by atoms with Gasteiger partial charge in [0.1, 0.15) is 0 Å². The summed E-state index contributed by atoms with van der Waals surface area (Å²) in [5.41, 5.74) is 12.3. The Morgan fingerprint density at radius 3 is 0.778 bits per heavy atom. The molecule has 3 aliphatic rings. The van der Waals surface area contributed by atoms with Crippen LogP contribution in [0.15, 0.2) is 347 Å². The molecule has 0 amide bonds. The molecule has 0 atom stereocenters. The average molecular weight is 2440 g/mol. The van der Waals surface area contributed by atoms with E-state index in [-0.39, 0.29) is 132 Å². The number of benzene rings is 15. The zero-order valence-electron chi connectivity index (χ0n) is 101. The van der Waals surface area contributed by atoms with Crippen LogP contribution in [0.3, 0.4) is 0 Å². The zero-order chi connectivity index (χ0) is 113. The van der Waals surface area contributed by atoms with Crippen LogP contribution in [0.1, 0.15) is 237 Å². The molecular weight excluding hydrogens is 2280 g/mol. The summed E-state index contributed by atoms with van der Waals surface area (Å²) in [6.07, 6.45) is 18.3. The Balaban J connectivity index is 0.000000168. The number of hydrogen-bond acceptors (Lipinski definition) is 6. The molecule has 735 valence electrons. The van der Waals surface area contributed by atoms with Crippen molar-refractivity contribution in [1.82, 2.24) is 29.9 Å². The quantitative estimate of drug-likeness (QED) is 0.106. The Labute approximate surface area is 926 Å². The van der Waals surface area contributed by atoms with Gasteiger partial charge in [-0.15, -0.1) is 179 Å². The van der Waals surface area contributed by atoms with Crippen LogP contribution >= 0.6 is 0 Å². The summed E-state index contributed by atoms with van der Waals surface area (Å²) in [5.74, 6) is -2.84. The summed E-state index contributed by atoms with van der Waals surface area (Å²) in [6, 6.07) is 120. The van der Waals surface area contributed by atoms with E-state index in [1.165, 1.54) is 91.0 Å². The van der Waals surface area contributed by atoms with E-state index in [0.29, 0.717) is 72.3 Å². The number of rotatable bonds is 9.